The molecular formula is C12H15BrClNO. The number of hydrogen-bond donors (Lipinski definition) is 1. The van der Waals surface area contributed by atoms with E-state index in [2.05, 4.69) is 21.2 Å². The van der Waals surface area contributed by atoms with Gasteiger partial charge < -0.3 is 5.32 Å². The zero-order chi connectivity index (χ0) is 12.0. The second kappa shape index (κ2) is 6.92. The van der Waals surface area contributed by atoms with E-state index in [0.717, 1.165) is 23.7 Å². The van der Waals surface area contributed by atoms with Crippen LogP contribution >= 0.6 is 27.5 Å². The Bertz CT molecular complexity index is 348. The molecule has 0 fully saturated rings. The Balaban J connectivity index is 2.52. The maximum absolute atomic E-state index is 11.7. The number of aryl methyl sites for hydroxylation is 1. The van der Waals surface area contributed by atoms with Crippen LogP contribution in [0.25, 0.3) is 0 Å². The maximum atomic E-state index is 11.7. The zero-order valence-electron chi connectivity index (χ0n) is 9.22. The Morgan fingerprint density at radius 1 is 1.38 bits per heavy atom. The Morgan fingerprint density at radius 3 is 2.75 bits per heavy atom. The fourth-order valence-electron chi connectivity index (χ4n) is 1.39. The van der Waals surface area contributed by atoms with Crippen LogP contribution in [0.5, 0.6) is 0 Å². The second-order valence-corrected chi connectivity index (χ2v) is 4.90. The van der Waals surface area contributed by atoms with Crippen LogP contribution in [-0.2, 0) is 0 Å². The SMILES string of the molecule is Cc1cc(Cl)cc(C(=O)NCCCCBr)c1. The molecule has 2 nitrogen and oxygen atoms in total. The predicted octanol–water partition coefficient (Wildman–Crippen LogP) is 3.55. The summed E-state index contributed by atoms with van der Waals surface area (Å²) >= 11 is 9.24. The molecule has 1 aromatic carbocycles. The van der Waals surface area contributed by atoms with Crippen molar-refractivity contribution in [1.82, 2.24) is 5.32 Å². The molecular weight excluding hydrogens is 289 g/mol. The molecule has 4 heteroatoms. The van der Waals surface area contributed by atoms with E-state index in [4.69, 9.17) is 11.6 Å². The minimum Gasteiger partial charge on any atom is -0.352 e. The fraction of sp³-hybridized carbons (Fsp3) is 0.417. The number of unbranched alkanes of at least 4 members (excludes halogenated alkanes) is 1. The van der Waals surface area contributed by atoms with Gasteiger partial charge in [0.2, 0.25) is 0 Å². The number of carbonyl (C=O) groups is 1. The summed E-state index contributed by atoms with van der Waals surface area (Å²) in [4.78, 5) is 11.7. The lowest BCUT2D eigenvalue weighted by atomic mass is 10.1. The molecule has 88 valence electrons. The molecule has 0 bridgehead atoms. The van der Waals surface area contributed by atoms with Gasteiger partial charge in [-0.15, -0.1) is 0 Å². The van der Waals surface area contributed by atoms with Crippen molar-refractivity contribution < 1.29 is 4.79 Å². The number of benzene rings is 1. The average Bonchev–Trinajstić information content (AvgIpc) is 2.22. The van der Waals surface area contributed by atoms with Crippen LogP contribution in [0.1, 0.15) is 28.8 Å². The van der Waals surface area contributed by atoms with Gasteiger partial charge >= 0.3 is 0 Å². The van der Waals surface area contributed by atoms with Gasteiger partial charge in [-0.1, -0.05) is 27.5 Å². The second-order valence-electron chi connectivity index (χ2n) is 3.67. The molecule has 1 N–H and O–H groups in total. The third-order valence-electron chi connectivity index (χ3n) is 2.15. The molecule has 0 spiro atoms. The lowest BCUT2D eigenvalue weighted by molar-refractivity contribution is 0.0953. The Hall–Kier alpha value is -0.540. The molecule has 0 aliphatic carbocycles. The lowest BCUT2D eigenvalue weighted by Crippen LogP contribution is -2.24. The smallest absolute Gasteiger partial charge is 0.251 e. The average molecular weight is 305 g/mol. The summed E-state index contributed by atoms with van der Waals surface area (Å²) < 4.78 is 0. The highest BCUT2D eigenvalue weighted by Gasteiger charge is 2.06. The molecule has 0 aliphatic heterocycles. The lowest BCUT2D eigenvalue weighted by Gasteiger charge is -2.05. The summed E-state index contributed by atoms with van der Waals surface area (Å²) in [7, 11) is 0. The van der Waals surface area contributed by atoms with Crippen molar-refractivity contribution in [3.05, 3.63) is 34.3 Å². The van der Waals surface area contributed by atoms with Gasteiger partial charge in [-0.2, -0.15) is 0 Å². The summed E-state index contributed by atoms with van der Waals surface area (Å²) in [6.45, 7) is 2.63. The number of amides is 1. The summed E-state index contributed by atoms with van der Waals surface area (Å²) in [5.74, 6) is -0.0554. The first-order valence-electron chi connectivity index (χ1n) is 5.25. The molecule has 0 radical (unpaired) electrons. The van der Waals surface area contributed by atoms with Crippen LogP contribution in [0.4, 0.5) is 0 Å². The van der Waals surface area contributed by atoms with Crippen LogP contribution in [0.15, 0.2) is 18.2 Å². The number of halogens is 2. The van der Waals surface area contributed by atoms with E-state index in [9.17, 15) is 4.79 Å². The molecule has 0 saturated carbocycles. The number of alkyl halides is 1. The van der Waals surface area contributed by atoms with Gasteiger partial charge in [0, 0.05) is 22.5 Å². The third-order valence-corrected chi connectivity index (χ3v) is 2.93. The van der Waals surface area contributed by atoms with Gasteiger partial charge in [-0.05, 0) is 43.5 Å². The van der Waals surface area contributed by atoms with E-state index in [1.165, 1.54) is 0 Å². The molecule has 1 rings (SSSR count). The third kappa shape index (κ3) is 4.54. The zero-order valence-corrected chi connectivity index (χ0v) is 11.6. The quantitative estimate of drug-likeness (QED) is 0.654. The van der Waals surface area contributed by atoms with E-state index in [1.807, 2.05) is 19.1 Å². The summed E-state index contributed by atoms with van der Waals surface area (Å²) in [5, 5.41) is 4.44. The topological polar surface area (TPSA) is 29.1 Å². The fourth-order valence-corrected chi connectivity index (χ4v) is 2.08. The first-order valence-corrected chi connectivity index (χ1v) is 6.75. The molecule has 16 heavy (non-hydrogen) atoms. The predicted molar refractivity (Wildman–Crippen MR) is 71.6 cm³/mol. The summed E-state index contributed by atoms with van der Waals surface area (Å²) in [5.41, 5.74) is 1.63. The van der Waals surface area contributed by atoms with Crippen molar-refractivity contribution in [1.29, 1.82) is 0 Å². The van der Waals surface area contributed by atoms with E-state index in [-0.39, 0.29) is 5.91 Å². The van der Waals surface area contributed by atoms with E-state index < -0.39 is 0 Å². The van der Waals surface area contributed by atoms with Gasteiger partial charge in [-0.3, -0.25) is 4.79 Å². The highest BCUT2D eigenvalue weighted by Crippen LogP contribution is 2.14. The van der Waals surface area contributed by atoms with Crippen molar-refractivity contribution >= 4 is 33.4 Å². The van der Waals surface area contributed by atoms with Crippen molar-refractivity contribution in [2.45, 2.75) is 19.8 Å². The van der Waals surface area contributed by atoms with Crippen molar-refractivity contribution in [3.63, 3.8) is 0 Å². The first kappa shape index (κ1) is 13.5. The normalized spacial score (nSPS) is 10.2. The molecule has 1 amide bonds. The van der Waals surface area contributed by atoms with E-state index in [0.29, 0.717) is 17.1 Å². The number of nitrogens with one attached hydrogen (secondary N) is 1. The number of hydrogen-bond acceptors (Lipinski definition) is 1. The highest BCUT2D eigenvalue weighted by molar-refractivity contribution is 9.09. The van der Waals surface area contributed by atoms with Gasteiger partial charge in [0.15, 0.2) is 0 Å². The van der Waals surface area contributed by atoms with Gasteiger partial charge in [0.25, 0.3) is 5.91 Å². The van der Waals surface area contributed by atoms with Crippen LogP contribution < -0.4 is 5.32 Å². The number of rotatable bonds is 5. The largest absolute Gasteiger partial charge is 0.352 e. The molecule has 0 unspecified atom stereocenters. The molecule has 0 aliphatic rings. The Morgan fingerprint density at radius 2 is 2.12 bits per heavy atom. The van der Waals surface area contributed by atoms with Gasteiger partial charge in [-0.25, -0.2) is 0 Å². The van der Waals surface area contributed by atoms with Crippen LogP contribution in [-0.4, -0.2) is 17.8 Å². The van der Waals surface area contributed by atoms with E-state index >= 15 is 0 Å². The monoisotopic (exact) mass is 303 g/mol. The molecule has 0 aromatic heterocycles. The minimum atomic E-state index is -0.0554. The van der Waals surface area contributed by atoms with Crippen LogP contribution in [0.2, 0.25) is 5.02 Å². The molecule has 1 aromatic rings. The van der Waals surface area contributed by atoms with E-state index in [1.54, 1.807) is 6.07 Å². The van der Waals surface area contributed by atoms with Gasteiger partial charge in [0.1, 0.15) is 0 Å². The van der Waals surface area contributed by atoms with Crippen molar-refractivity contribution in [3.8, 4) is 0 Å². The van der Waals surface area contributed by atoms with Crippen molar-refractivity contribution in [2.75, 3.05) is 11.9 Å². The summed E-state index contributed by atoms with van der Waals surface area (Å²) in [6, 6.07) is 5.36. The Kier molecular flexibility index (Phi) is 5.85. The molecule has 0 atom stereocenters. The summed E-state index contributed by atoms with van der Waals surface area (Å²) in [6.07, 6.45) is 2.05. The Labute approximate surface area is 110 Å². The first-order chi connectivity index (χ1) is 7.63. The number of carbonyl (C=O) groups excluding carboxylic acids is 1. The van der Waals surface area contributed by atoms with Crippen LogP contribution in [0.3, 0.4) is 0 Å². The van der Waals surface area contributed by atoms with Crippen molar-refractivity contribution in [2.24, 2.45) is 0 Å². The molecule has 0 heterocycles. The highest BCUT2D eigenvalue weighted by atomic mass is 79.9. The standard InChI is InChI=1S/C12H15BrClNO/c1-9-6-10(8-11(14)7-9)12(16)15-5-3-2-4-13/h6-8H,2-5H2,1H3,(H,15,16). The van der Waals surface area contributed by atoms with Gasteiger partial charge in [0.05, 0.1) is 0 Å². The maximum Gasteiger partial charge on any atom is 0.251 e. The molecule has 0 saturated heterocycles. The van der Waals surface area contributed by atoms with Crippen LogP contribution in [0, 0.1) is 6.92 Å². The minimum absolute atomic E-state index is 0.0554.